The Bertz CT molecular complexity index is 496. The molecule has 0 spiro atoms. The Morgan fingerprint density at radius 2 is 1.96 bits per heavy atom. The quantitative estimate of drug-likeness (QED) is 0.830. The summed E-state index contributed by atoms with van der Waals surface area (Å²) in [6, 6.07) is 7.09. The van der Waals surface area contributed by atoms with Gasteiger partial charge in [-0.3, -0.25) is 9.69 Å². The Hall–Kier alpha value is -1.63. The van der Waals surface area contributed by atoms with Crippen LogP contribution in [0.2, 0.25) is 0 Å². The normalized spacial score (nSPS) is 23.3. The average Bonchev–Trinajstić information content (AvgIpc) is 2.45. The standard InChI is InChI=1S/C17H26N2O4/c1-12-8-19(9-13(2)23-12)10-16(21)11-22-17-6-4-15(5-7-17)18-14(3)20/h4-7,12-13,16,21H,8-11H2,1-3H3,(H,18,20)/t12-,13-,16-/m1/s1. The molecule has 0 radical (unpaired) electrons. The Balaban J connectivity index is 1.75. The number of amides is 1. The lowest BCUT2D eigenvalue weighted by Gasteiger charge is -2.36. The minimum Gasteiger partial charge on any atom is -0.491 e. The molecule has 1 aromatic carbocycles. The molecule has 1 amide bonds. The van der Waals surface area contributed by atoms with Gasteiger partial charge in [-0.25, -0.2) is 0 Å². The van der Waals surface area contributed by atoms with Crippen LogP contribution in [0.3, 0.4) is 0 Å². The van der Waals surface area contributed by atoms with Gasteiger partial charge in [0.1, 0.15) is 18.5 Å². The van der Waals surface area contributed by atoms with Crippen molar-refractivity contribution in [2.24, 2.45) is 0 Å². The number of nitrogens with zero attached hydrogens (tertiary/aromatic N) is 1. The van der Waals surface area contributed by atoms with Gasteiger partial charge in [0.05, 0.1) is 12.2 Å². The summed E-state index contributed by atoms with van der Waals surface area (Å²) in [5.41, 5.74) is 0.724. The fourth-order valence-electron chi connectivity index (χ4n) is 2.81. The first-order chi connectivity index (χ1) is 10.9. The summed E-state index contributed by atoms with van der Waals surface area (Å²) >= 11 is 0. The van der Waals surface area contributed by atoms with E-state index in [1.165, 1.54) is 6.92 Å². The van der Waals surface area contributed by atoms with Crippen LogP contribution in [-0.2, 0) is 9.53 Å². The van der Waals surface area contributed by atoms with E-state index >= 15 is 0 Å². The summed E-state index contributed by atoms with van der Waals surface area (Å²) in [5.74, 6) is 0.560. The number of morpholine rings is 1. The number of nitrogens with one attached hydrogen (secondary N) is 1. The summed E-state index contributed by atoms with van der Waals surface area (Å²) in [4.78, 5) is 13.2. The fraction of sp³-hybridized carbons (Fsp3) is 0.588. The molecule has 2 N–H and O–H groups in total. The van der Waals surface area contributed by atoms with Gasteiger partial charge < -0.3 is 19.9 Å². The topological polar surface area (TPSA) is 71.0 Å². The van der Waals surface area contributed by atoms with Crippen LogP contribution in [0.1, 0.15) is 20.8 Å². The monoisotopic (exact) mass is 322 g/mol. The van der Waals surface area contributed by atoms with Crippen LogP contribution in [0, 0.1) is 0 Å². The van der Waals surface area contributed by atoms with Gasteiger partial charge >= 0.3 is 0 Å². The van der Waals surface area contributed by atoms with E-state index in [9.17, 15) is 9.90 Å². The molecule has 1 aliphatic heterocycles. The van der Waals surface area contributed by atoms with Crippen molar-refractivity contribution >= 4 is 11.6 Å². The minimum atomic E-state index is -0.553. The molecule has 1 fully saturated rings. The lowest BCUT2D eigenvalue weighted by molar-refractivity contribution is -0.114. The second-order valence-electron chi connectivity index (χ2n) is 6.15. The van der Waals surface area contributed by atoms with Gasteiger partial charge in [-0.1, -0.05) is 0 Å². The summed E-state index contributed by atoms with van der Waals surface area (Å²) in [6.45, 7) is 8.01. The van der Waals surface area contributed by atoms with Crippen molar-refractivity contribution in [1.82, 2.24) is 4.90 Å². The number of carbonyl (C=O) groups excluding carboxylic acids is 1. The van der Waals surface area contributed by atoms with Crippen molar-refractivity contribution in [1.29, 1.82) is 0 Å². The first-order valence-electron chi connectivity index (χ1n) is 7.98. The Kier molecular flexibility index (Phi) is 6.38. The molecule has 128 valence electrons. The number of hydrogen-bond acceptors (Lipinski definition) is 5. The van der Waals surface area contributed by atoms with E-state index in [1.807, 2.05) is 13.8 Å². The SMILES string of the molecule is CC(=O)Nc1ccc(OC[C@H](O)CN2C[C@@H](C)O[C@H](C)C2)cc1. The number of rotatable bonds is 6. The Morgan fingerprint density at radius 3 is 2.52 bits per heavy atom. The van der Waals surface area contributed by atoms with E-state index in [1.54, 1.807) is 24.3 Å². The second-order valence-corrected chi connectivity index (χ2v) is 6.15. The number of anilines is 1. The zero-order valence-corrected chi connectivity index (χ0v) is 14.0. The largest absolute Gasteiger partial charge is 0.491 e. The maximum absolute atomic E-state index is 11.0. The molecule has 1 aromatic rings. The number of β-amino-alcohol motifs (C(OH)–C–C–N with tert-alkyl or cyclic N) is 1. The number of aliphatic hydroxyl groups excluding tert-OH is 1. The van der Waals surface area contributed by atoms with E-state index in [0.29, 0.717) is 12.3 Å². The molecule has 6 heteroatoms. The highest BCUT2D eigenvalue weighted by Gasteiger charge is 2.23. The Morgan fingerprint density at radius 1 is 1.35 bits per heavy atom. The average molecular weight is 322 g/mol. The molecule has 1 aliphatic rings. The first kappa shape index (κ1) is 17.7. The van der Waals surface area contributed by atoms with Gasteiger partial charge in [0.2, 0.25) is 5.91 Å². The number of aliphatic hydroxyl groups is 1. The molecule has 23 heavy (non-hydrogen) atoms. The van der Waals surface area contributed by atoms with E-state index in [2.05, 4.69) is 10.2 Å². The van der Waals surface area contributed by atoms with Crippen LogP contribution in [0.4, 0.5) is 5.69 Å². The lowest BCUT2D eigenvalue weighted by Crippen LogP contribution is -2.48. The molecule has 3 atom stereocenters. The molecule has 2 rings (SSSR count). The molecule has 6 nitrogen and oxygen atoms in total. The molecule has 1 heterocycles. The van der Waals surface area contributed by atoms with E-state index < -0.39 is 6.10 Å². The van der Waals surface area contributed by atoms with Gasteiger partial charge in [0.15, 0.2) is 0 Å². The van der Waals surface area contributed by atoms with Crippen LogP contribution in [-0.4, -0.2) is 60.5 Å². The van der Waals surface area contributed by atoms with Crippen LogP contribution in [0.5, 0.6) is 5.75 Å². The fourth-order valence-corrected chi connectivity index (χ4v) is 2.81. The molecule has 0 bridgehead atoms. The van der Waals surface area contributed by atoms with E-state index in [-0.39, 0.29) is 24.7 Å². The van der Waals surface area contributed by atoms with Crippen molar-refractivity contribution in [3.63, 3.8) is 0 Å². The molecule has 0 unspecified atom stereocenters. The van der Waals surface area contributed by atoms with E-state index in [4.69, 9.17) is 9.47 Å². The van der Waals surface area contributed by atoms with Crippen LogP contribution in [0.15, 0.2) is 24.3 Å². The van der Waals surface area contributed by atoms with Gasteiger partial charge in [-0.05, 0) is 38.1 Å². The van der Waals surface area contributed by atoms with Crippen molar-refractivity contribution in [3.05, 3.63) is 24.3 Å². The highest BCUT2D eigenvalue weighted by Crippen LogP contribution is 2.16. The predicted molar refractivity (Wildman–Crippen MR) is 88.7 cm³/mol. The number of carbonyl (C=O) groups is 1. The molecular weight excluding hydrogens is 296 g/mol. The second kappa shape index (κ2) is 8.29. The number of ether oxygens (including phenoxy) is 2. The predicted octanol–water partition coefficient (Wildman–Crippen LogP) is 1.49. The zero-order valence-electron chi connectivity index (χ0n) is 14.0. The van der Waals surface area contributed by atoms with Crippen molar-refractivity contribution in [2.75, 3.05) is 31.6 Å². The Labute approximate surface area is 137 Å². The summed E-state index contributed by atoms with van der Waals surface area (Å²) in [6.07, 6.45) is -0.177. The smallest absolute Gasteiger partial charge is 0.221 e. The van der Waals surface area contributed by atoms with Gasteiger partial charge in [-0.15, -0.1) is 0 Å². The number of benzene rings is 1. The molecular formula is C17H26N2O4. The van der Waals surface area contributed by atoms with Crippen LogP contribution >= 0.6 is 0 Å². The third kappa shape index (κ3) is 6.17. The van der Waals surface area contributed by atoms with E-state index in [0.717, 1.165) is 18.8 Å². The van der Waals surface area contributed by atoms with Gasteiger partial charge in [0, 0.05) is 32.2 Å². The van der Waals surface area contributed by atoms with Gasteiger partial charge in [0.25, 0.3) is 0 Å². The third-order valence-electron chi connectivity index (χ3n) is 3.58. The lowest BCUT2D eigenvalue weighted by atomic mass is 10.2. The van der Waals surface area contributed by atoms with Crippen molar-refractivity contribution in [3.8, 4) is 5.75 Å². The molecule has 0 aliphatic carbocycles. The highest BCUT2D eigenvalue weighted by atomic mass is 16.5. The van der Waals surface area contributed by atoms with Gasteiger partial charge in [-0.2, -0.15) is 0 Å². The minimum absolute atomic E-state index is 0.108. The van der Waals surface area contributed by atoms with Crippen molar-refractivity contribution < 1.29 is 19.4 Å². The third-order valence-corrected chi connectivity index (χ3v) is 3.58. The summed E-state index contributed by atoms with van der Waals surface area (Å²) in [5, 5.41) is 12.8. The summed E-state index contributed by atoms with van der Waals surface area (Å²) < 4.78 is 11.3. The maximum Gasteiger partial charge on any atom is 0.221 e. The highest BCUT2D eigenvalue weighted by molar-refractivity contribution is 5.88. The molecule has 0 aromatic heterocycles. The van der Waals surface area contributed by atoms with Crippen LogP contribution in [0.25, 0.3) is 0 Å². The summed E-state index contributed by atoms with van der Waals surface area (Å²) in [7, 11) is 0. The van der Waals surface area contributed by atoms with Crippen molar-refractivity contribution in [2.45, 2.75) is 39.1 Å². The zero-order chi connectivity index (χ0) is 16.8. The first-order valence-corrected chi connectivity index (χ1v) is 7.98. The maximum atomic E-state index is 11.0. The van der Waals surface area contributed by atoms with Crippen LogP contribution < -0.4 is 10.1 Å². The number of hydrogen-bond donors (Lipinski definition) is 2. The molecule has 0 saturated carbocycles. The molecule has 1 saturated heterocycles.